The van der Waals surface area contributed by atoms with E-state index < -0.39 is 10.0 Å². The van der Waals surface area contributed by atoms with Gasteiger partial charge < -0.3 is 5.32 Å². The number of amides is 1. The quantitative estimate of drug-likeness (QED) is 0.797. The van der Waals surface area contributed by atoms with Gasteiger partial charge in [-0.15, -0.1) is 0 Å². The number of aromatic nitrogens is 2. The molecule has 0 aliphatic carbocycles. The van der Waals surface area contributed by atoms with Gasteiger partial charge in [0.1, 0.15) is 10.7 Å². The molecule has 1 N–H and O–H groups in total. The minimum Gasteiger partial charge on any atom is -0.326 e. The largest absolute Gasteiger partial charge is 0.326 e. The summed E-state index contributed by atoms with van der Waals surface area (Å²) < 4.78 is 42.0. The van der Waals surface area contributed by atoms with Crippen LogP contribution in [0.15, 0.2) is 29.2 Å². The summed E-state index contributed by atoms with van der Waals surface area (Å²) in [6.07, 6.45) is 2.92. The average Bonchev–Trinajstić information content (AvgIpc) is 2.96. The standard InChI is InChI=1S/C19H25FN4O3S/c1-14-19(28(26,27)23-11-4-3-5-12-23)15(2)24(22-14)13-10-18(25)21-17-8-6-16(20)7-9-17/h6-9H,3-5,10-13H2,1-2H3,(H,21,25). The maximum atomic E-state index is 13.0. The predicted molar refractivity (Wildman–Crippen MR) is 104 cm³/mol. The number of nitrogens with zero attached hydrogens (tertiary/aromatic N) is 3. The van der Waals surface area contributed by atoms with Gasteiger partial charge in [-0.3, -0.25) is 9.48 Å². The zero-order chi connectivity index (χ0) is 20.3. The number of hydrogen-bond donors (Lipinski definition) is 1. The minimum absolute atomic E-state index is 0.128. The molecular formula is C19H25FN4O3S. The average molecular weight is 408 g/mol. The molecule has 0 bridgehead atoms. The van der Waals surface area contributed by atoms with Gasteiger partial charge in [0.15, 0.2) is 0 Å². The summed E-state index contributed by atoms with van der Waals surface area (Å²) >= 11 is 0. The number of carbonyl (C=O) groups excluding carboxylic acids is 1. The maximum absolute atomic E-state index is 13.0. The zero-order valence-corrected chi connectivity index (χ0v) is 16.9. The number of halogens is 1. The van der Waals surface area contributed by atoms with E-state index in [2.05, 4.69) is 10.4 Å². The molecule has 1 aliphatic rings. The van der Waals surface area contributed by atoms with E-state index in [-0.39, 0.29) is 29.6 Å². The van der Waals surface area contributed by atoms with Crippen molar-refractivity contribution in [3.8, 4) is 0 Å². The maximum Gasteiger partial charge on any atom is 0.246 e. The molecule has 1 saturated heterocycles. The fourth-order valence-electron chi connectivity index (χ4n) is 3.47. The fraction of sp³-hybridized carbons (Fsp3) is 0.474. The summed E-state index contributed by atoms with van der Waals surface area (Å²) in [5.41, 5.74) is 1.49. The normalized spacial score (nSPS) is 15.5. The Hall–Kier alpha value is -2.26. The molecule has 1 aliphatic heterocycles. The van der Waals surface area contributed by atoms with Crippen LogP contribution in [0.1, 0.15) is 37.1 Å². The van der Waals surface area contributed by atoms with Crippen LogP contribution in [0.3, 0.4) is 0 Å². The van der Waals surface area contributed by atoms with Crippen molar-refractivity contribution in [1.82, 2.24) is 14.1 Å². The third-order valence-electron chi connectivity index (χ3n) is 4.91. The number of benzene rings is 1. The van der Waals surface area contributed by atoms with Crippen molar-refractivity contribution in [2.45, 2.75) is 51.0 Å². The first-order valence-corrected chi connectivity index (χ1v) is 10.8. The Balaban J connectivity index is 1.69. The van der Waals surface area contributed by atoms with Crippen molar-refractivity contribution in [2.75, 3.05) is 18.4 Å². The molecule has 3 rings (SSSR count). The number of rotatable bonds is 6. The monoisotopic (exact) mass is 408 g/mol. The van der Waals surface area contributed by atoms with Gasteiger partial charge in [-0.05, 0) is 51.0 Å². The van der Waals surface area contributed by atoms with Crippen molar-refractivity contribution in [2.24, 2.45) is 0 Å². The second-order valence-electron chi connectivity index (χ2n) is 6.99. The van der Waals surface area contributed by atoms with Crippen molar-refractivity contribution in [3.63, 3.8) is 0 Å². The lowest BCUT2D eigenvalue weighted by atomic mass is 10.2. The fourth-order valence-corrected chi connectivity index (χ4v) is 5.36. The van der Waals surface area contributed by atoms with E-state index in [1.54, 1.807) is 18.5 Å². The first-order chi connectivity index (χ1) is 13.3. The van der Waals surface area contributed by atoms with Gasteiger partial charge in [0, 0.05) is 25.2 Å². The summed E-state index contributed by atoms with van der Waals surface area (Å²) in [6, 6.07) is 5.52. The Morgan fingerprint density at radius 3 is 2.43 bits per heavy atom. The number of aryl methyl sites for hydroxylation is 2. The molecule has 0 spiro atoms. The van der Waals surface area contributed by atoms with E-state index in [4.69, 9.17) is 0 Å². The Bertz CT molecular complexity index is 948. The molecule has 2 heterocycles. The molecule has 2 aromatic rings. The van der Waals surface area contributed by atoms with E-state index in [9.17, 15) is 17.6 Å². The van der Waals surface area contributed by atoms with Gasteiger partial charge in [0.25, 0.3) is 0 Å². The number of nitrogens with one attached hydrogen (secondary N) is 1. The van der Waals surface area contributed by atoms with E-state index in [1.807, 2.05) is 0 Å². The van der Waals surface area contributed by atoms with Gasteiger partial charge >= 0.3 is 0 Å². The minimum atomic E-state index is -3.58. The topological polar surface area (TPSA) is 84.3 Å². The lowest BCUT2D eigenvalue weighted by Gasteiger charge is -2.26. The Labute approximate surface area is 164 Å². The number of hydrogen-bond acceptors (Lipinski definition) is 4. The molecule has 0 radical (unpaired) electrons. The summed E-state index contributed by atoms with van der Waals surface area (Å²) in [6.45, 7) is 4.72. The highest BCUT2D eigenvalue weighted by molar-refractivity contribution is 7.89. The lowest BCUT2D eigenvalue weighted by molar-refractivity contribution is -0.116. The summed E-state index contributed by atoms with van der Waals surface area (Å²) in [4.78, 5) is 12.4. The molecule has 28 heavy (non-hydrogen) atoms. The first kappa shape index (κ1) is 20.5. The molecule has 0 unspecified atom stereocenters. The van der Waals surface area contributed by atoms with Gasteiger partial charge in [-0.25, -0.2) is 12.8 Å². The highest BCUT2D eigenvalue weighted by Gasteiger charge is 2.31. The number of anilines is 1. The number of piperidine rings is 1. The van der Waals surface area contributed by atoms with Gasteiger partial charge in [0.2, 0.25) is 15.9 Å². The van der Waals surface area contributed by atoms with Crippen molar-refractivity contribution < 1.29 is 17.6 Å². The summed E-state index contributed by atoms with van der Waals surface area (Å²) in [5.74, 6) is -0.623. The van der Waals surface area contributed by atoms with Gasteiger partial charge in [-0.1, -0.05) is 6.42 Å². The molecule has 152 valence electrons. The van der Waals surface area contributed by atoms with Crippen LogP contribution >= 0.6 is 0 Å². The number of carbonyl (C=O) groups is 1. The number of sulfonamides is 1. The Morgan fingerprint density at radius 2 is 1.79 bits per heavy atom. The summed E-state index contributed by atoms with van der Waals surface area (Å²) in [7, 11) is -3.58. The Kier molecular flexibility index (Phi) is 6.14. The van der Waals surface area contributed by atoms with Crippen LogP contribution in [0.4, 0.5) is 10.1 Å². The Morgan fingerprint density at radius 1 is 1.14 bits per heavy atom. The zero-order valence-electron chi connectivity index (χ0n) is 16.1. The van der Waals surface area contributed by atoms with Crippen molar-refractivity contribution in [3.05, 3.63) is 41.5 Å². The van der Waals surface area contributed by atoms with Crippen LogP contribution in [0.25, 0.3) is 0 Å². The van der Waals surface area contributed by atoms with Gasteiger partial charge in [-0.2, -0.15) is 9.40 Å². The predicted octanol–water partition coefficient (Wildman–Crippen LogP) is 2.84. The molecule has 7 nitrogen and oxygen atoms in total. The lowest BCUT2D eigenvalue weighted by Crippen LogP contribution is -2.36. The van der Waals surface area contributed by atoms with Gasteiger partial charge in [0.05, 0.1) is 17.9 Å². The van der Waals surface area contributed by atoms with Crippen LogP contribution in [0.5, 0.6) is 0 Å². The molecule has 0 atom stereocenters. The second kappa shape index (κ2) is 8.40. The molecule has 1 aromatic carbocycles. The van der Waals surface area contributed by atoms with Crippen LogP contribution in [0.2, 0.25) is 0 Å². The van der Waals surface area contributed by atoms with Crippen molar-refractivity contribution >= 4 is 21.6 Å². The molecule has 1 amide bonds. The van der Waals surface area contributed by atoms with Crippen molar-refractivity contribution in [1.29, 1.82) is 0 Å². The van der Waals surface area contributed by atoms with Crippen LogP contribution in [-0.4, -0.2) is 41.5 Å². The third-order valence-corrected chi connectivity index (χ3v) is 7.06. The smallest absolute Gasteiger partial charge is 0.246 e. The molecule has 9 heteroatoms. The molecule has 1 aromatic heterocycles. The molecule has 1 fully saturated rings. The van der Waals surface area contributed by atoms with E-state index in [0.29, 0.717) is 30.2 Å². The highest BCUT2D eigenvalue weighted by atomic mass is 32.2. The summed E-state index contributed by atoms with van der Waals surface area (Å²) in [5, 5.41) is 7.03. The molecule has 0 saturated carbocycles. The van der Waals surface area contributed by atoms with Crippen LogP contribution < -0.4 is 5.32 Å². The van der Waals surface area contributed by atoms with E-state index in [0.717, 1.165) is 19.3 Å². The second-order valence-corrected chi connectivity index (χ2v) is 8.87. The first-order valence-electron chi connectivity index (χ1n) is 9.38. The van der Waals surface area contributed by atoms with E-state index >= 15 is 0 Å². The SMILES string of the molecule is Cc1nn(CCC(=O)Nc2ccc(F)cc2)c(C)c1S(=O)(=O)N1CCCCC1. The third kappa shape index (κ3) is 4.41. The van der Waals surface area contributed by atoms with E-state index in [1.165, 1.54) is 28.6 Å². The van der Waals surface area contributed by atoms with Crippen LogP contribution in [-0.2, 0) is 21.4 Å². The van der Waals surface area contributed by atoms with Crippen LogP contribution in [0, 0.1) is 19.7 Å². The highest BCUT2D eigenvalue weighted by Crippen LogP contribution is 2.26. The molecular weight excluding hydrogens is 383 g/mol.